The number of nitrogens with zero attached hydrogens (tertiary/aromatic N) is 1. The molecule has 3 N–H and O–H groups in total. The van der Waals surface area contributed by atoms with Gasteiger partial charge in [0.2, 0.25) is 11.8 Å². The molecule has 0 spiro atoms. The number of benzene rings is 3. The molecule has 0 saturated heterocycles. The quantitative estimate of drug-likeness (QED) is 0.419. The summed E-state index contributed by atoms with van der Waals surface area (Å²) in [6, 6.07) is 17.2. The number of hydrogen-bond donors (Lipinski definition) is 3. The normalized spacial score (nSPS) is 18.0. The maximum absolute atomic E-state index is 14.1. The third-order valence-corrected chi connectivity index (χ3v) is 10.1. The maximum Gasteiger partial charge on any atom is 0.251 e. The van der Waals surface area contributed by atoms with E-state index in [-0.39, 0.29) is 29.2 Å². The van der Waals surface area contributed by atoms with Gasteiger partial charge in [0.25, 0.3) is 5.91 Å². The minimum atomic E-state index is -3.67. The third kappa shape index (κ3) is 6.18. The Morgan fingerprint density at radius 3 is 2.40 bits per heavy atom. The number of rotatable bonds is 4. The Labute approximate surface area is 246 Å². The highest BCUT2D eigenvalue weighted by Gasteiger charge is 2.29. The number of anilines is 2. The highest BCUT2D eigenvalue weighted by Crippen LogP contribution is 2.29. The zero-order valence-electron chi connectivity index (χ0n) is 24.1. The third-order valence-electron chi connectivity index (χ3n) is 7.83. The van der Waals surface area contributed by atoms with Gasteiger partial charge in [-0.1, -0.05) is 30.3 Å². The lowest BCUT2D eigenvalue weighted by molar-refractivity contribution is -0.131. The number of amides is 3. The molecule has 0 unspecified atom stereocenters. The van der Waals surface area contributed by atoms with Gasteiger partial charge in [0.15, 0.2) is 9.84 Å². The van der Waals surface area contributed by atoms with E-state index in [9.17, 15) is 22.8 Å². The molecule has 220 valence electrons. The average Bonchev–Trinajstić information content (AvgIpc) is 2.96. The number of nitrogens with one attached hydrogen (secondary N) is 3. The van der Waals surface area contributed by atoms with Crippen molar-refractivity contribution >= 4 is 38.9 Å². The average molecular weight is 589 g/mol. The van der Waals surface area contributed by atoms with Crippen molar-refractivity contribution < 1.29 is 22.8 Å². The molecule has 3 amide bonds. The first-order valence-corrected chi connectivity index (χ1v) is 15.8. The largest absolute Gasteiger partial charge is 0.370 e. The lowest BCUT2D eigenvalue weighted by Gasteiger charge is -2.28. The van der Waals surface area contributed by atoms with E-state index >= 15 is 0 Å². The molecule has 3 aliphatic rings. The molecule has 3 heterocycles. The second kappa shape index (κ2) is 12.0. The molecule has 0 aromatic heterocycles. The fourth-order valence-corrected chi connectivity index (χ4v) is 6.63. The first kappa shape index (κ1) is 29.3. The van der Waals surface area contributed by atoms with Crippen LogP contribution in [0.4, 0.5) is 11.4 Å². The molecule has 1 atom stereocenters. The molecular formula is C32H36N4O5S. The van der Waals surface area contributed by atoms with E-state index < -0.39 is 21.1 Å². The molecule has 0 radical (unpaired) electrons. The summed E-state index contributed by atoms with van der Waals surface area (Å²) in [5, 5.41) is 8.42. The highest BCUT2D eigenvalue weighted by atomic mass is 32.2. The molecule has 6 rings (SSSR count). The van der Waals surface area contributed by atoms with Crippen molar-refractivity contribution in [3.05, 3.63) is 88.5 Å². The molecule has 9 nitrogen and oxygen atoms in total. The van der Waals surface area contributed by atoms with E-state index in [1.807, 2.05) is 36.4 Å². The molecule has 42 heavy (non-hydrogen) atoms. The standard InChI is InChI=1S/C32H36N4O5S/c1-20(2)42(40,41)28-14-13-25-17-24(28)19-36(3)32(39)30(23-9-7-21(8-10-23)5-4-6-29(37)34-25)35-26-12-11-22-15-16-33-31(38)27(22)18-26/h7-14,17-18,20,30,35H,4-6,15-16,19H2,1-3H3,(H,33,38)(H,34,37)/t30-/m1/s1. The number of aryl methyl sites for hydroxylation is 1. The van der Waals surface area contributed by atoms with Gasteiger partial charge in [-0.3, -0.25) is 14.4 Å². The number of carbonyl (C=O) groups excluding carboxylic acids is 3. The van der Waals surface area contributed by atoms with Crippen LogP contribution >= 0.6 is 0 Å². The molecule has 3 aromatic carbocycles. The molecule has 0 aliphatic carbocycles. The fourth-order valence-electron chi connectivity index (χ4n) is 5.38. The summed E-state index contributed by atoms with van der Waals surface area (Å²) >= 11 is 0. The lowest BCUT2D eigenvalue weighted by Crippen LogP contribution is -2.36. The van der Waals surface area contributed by atoms with Crippen molar-refractivity contribution in [2.45, 2.75) is 62.3 Å². The Bertz CT molecular complexity index is 1630. The zero-order valence-corrected chi connectivity index (χ0v) is 24.9. The van der Waals surface area contributed by atoms with Gasteiger partial charge in [-0.2, -0.15) is 0 Å². The van der Waals surface area contributed by atoms with Crippen LogP contribution < -0.4 is 16.0 Å². The van der Waals surface area contributed by atoms with Crippen molar-refractivity contribution in [3.8, 4) is 0 Å². The van der Waals surface area contributed by atoms with Crippen LogP contribution in [0.25, 0.3) is 0 Å². The molecule has 3 aliphatic heterocycles. The predicted octanol–water partition coefficient (Wildman–Crippen LogP) is 4.24. The van der Waals surface area contributed by atoms with E-state index in [0.717, 1.165) is 23.1 Å². The van der Waals surface area contributed by atoms with Crippen molar-refractivity contribution in [1.82, 2.24) is 10.2 Å². The first-order valence-electron chi connectivity index (χ1n) is 14.2. The monoisotopic (exact) mass is 588 g/mol. The number of sulfone groups is 1. The highest BCUT2D eigenvalue weighted by molar-refractivity contribution is 7.92. The van der Waals surface area contributed by atoms with E-state index in [4.69, 9.17) is 0 Å². The number of hydrogen-bond acceptors (Lipinski definition) is 6. The predicted molar refractivity (Wildman–Crippen MR) is 162 cm³/mol. The Morgan fingerprint density at radius 1 is 0.905 bits per heavy atom. The van der Waals surface area contributed by atoms with E-state index in [1.54, 1.807) is 39.1 Å². The zero-order chi connectivity index (χ0) is 30.0. The Morgan fingerprint density at radius 2 is 1.67 bits per heavy atom. The van der Waals surface area contributed by atoms with Crippen molar-refractivity contribution in [2.75, 3.05) is 24.2 Å². The summed E-state index contributed by atoms with van der Waals surface area (Å²) < 4.78 is 26.5. The van der Waals surface area contributed by atoms with Gasteiger partial charge >= 0.3 is 0 Å². The van der Waals surface area contributed by atoms with Gasteiger partial charge in [0, 0.05) is 43.5 Å². The summed E-state index contributed by atoms with van der Waals surface area (Å²) in [5.41, 5.74) is 4.85. The minimum absolute atomic E-state index is 0.00663. The van der Waals surface area contributed by atoms with Crippen LogP contribution in [0.15, 0.2) is 65.6 Å². The summed E-state index contributed by atoms with van der Waals surface area (Å²) in [5.74, 6) is -0.576. The lowest BCUT2D eigenvalue weighted by atomic mass is 9.98. The summed E-state index contributed by atoms with van der Waals surface area (Å²) in [6.45, 7) is 3.83. The second-order valence-electron chi connectivity index (χ2n) is 11.2. The van der Waals surface area contributed by atoms with Crippen LogP contribution in [-0.4, -0.2) is 49.9 Å². The van der Waals surface area contributed by atoms with E-state index in [2.05, 4.69) is 16.0 Å². The fraction of sp³-hybridized carbons (Fsp3) is 0.344. The summed E-state index contributed by atoms with van der Waals surface area (Å²) in [7, 11) is -2.03. The number of carbonyl (C=O) groups is 3. The molecule has 0 fully saturated rings. The summed E-state index contributed by atoms with van der Waals surface area (Å²) in [6.07, 6.45) is 2.39. The molecular weight excluding hydrogens is 552 g/mol. The summed E-state index contributed by atoms with van der Waals surface area (Å²) in [4.78, 5) is 40.8. The second-order valence-corrected chi connectivity index (χ2v) is 13.7. The number of likely N-dealkylation sites (N-methyl/N-ethyl adjacent to an activating group) is 1. The van der Waals surface area contributed by atoms with Gasteiger partial charge < -0.3 is 20.9 Å². The topological polar surface area (TPSA) is 125 Å². The minimum Gasteiger partial charge on any atom is -0.370 e. The van der Waals surface area contributed by atoms with Gasteiger partial charge in [-0.05, 0) is 85.7 Å². The van der Waals surface area contributed by atoms with Crippen molar-refractivity contribution in [1.29, 1.82) is 0 Å². The smallest absolute Gasteiger partial charge is 0.251 e. The number of fused-ring (bicyclic) bond motifs is 10. The van der Waals surface area contributed by atoms with Crippen LogP contribution in [0.1, 0.15) is 65.3 Å². The van der Waals surface area contributed by atoms with Crippen molar-refractivity contribution in [3.63, 3.8) is 0 Å². The van der Waals surface area contributed by atoms with Crippen LogP contribution in [0.3, 0.4) is 0 Å². The molecule has 4 bridgehead atoms. The van der Waals surface area contributed by atoms with Gasteiger partial charge in [-0.25, -0.2) is 8.42 Å². The van der Waals surface area contributed by atoms with Crippen molar-refractivity contribution in [2.24, 2.45) is 0 Å². The van der Waals surface area contributed by atoms with Gasteiger partial charge in [0.05, 0.1) is 10.1 Å². The molecule has 10 heteroatoms. The Kier molecular flexibility index (Phi) is 8.36. The maximum atomic E-state index is 14.1. The first-order chi connectivity index (χ1) is 20.0. The van der Waals surface area contributed by atoms with E-state index in [1.165, 1.54) is 11.0 Å². The SMILES string of the molecule is CC(C)S(=O)(=O)c1ccc2cc1CN(C)C(=O)[C@H](Nc1ccc3c(c1)C(=O)NCC3)c1ccc(cc1)CCCC(=O)N2. The van der Waals surface area contributed by atoms with Gasteiger partial charge in [-0.15, -0.1) is 0 Å². The van der Waals surface area contributed by atoms with Crippen LogP contribution in [0.5, 0.6) is 0 Å². The van der Waals surface area contributed by atoms with E-state index in [0.29, 0.717) is 48.3 Å². The Balaban J connectivity index is 1.55. The molecule has 0 saturated carbocycles. The van der Waals surface area contributed by atoms with Crippen LogP contribution in [-0.2, 0) is 38.8 Å². The van der Waals surface area contributed by atoms with Gasteiger partial charge in [0.1, 0.15) is 6.04 Å². The molecule has 3 aromatic rings. The van der Waals surface area contributed by atoms with Crippen LogP contribution in [0, 0.1) is 0 Å². The van der Waals surface area contributed by atoms with Crippen LogP contribution in [0.2, 0.25) is 0 Å². The Hall–Kier alpha value is -4.18.